The van der Waals surface area contributed by atoms with Gasteiger partial charge in [-0.25, -0.2) is 0 Å². The Morgan fingerprint density at radius 3 is 2.57 bits per heavy atom. The first-order chi connectivity index (χ1) is 10.2. The molecule has 0 aliphatic rings. The SMILES string of the molecule is CCOc1cccc(NCCNc2cccc(Cl)c2Cl)c1. The summed E-state index contributed by atoms with van der Waals surface area (Å²) in [6.07, 6.45) is 0. The van der Waals surface area contributed by atoms with Crippen molar-refractivity contribution in [1.29, 1.82) is 0 Å². The van der Waals surface area contributed by atoms with Gasteiger partial charge in [0.25, 0.3) is 0 Å². The number of benzene rings is 2. The average molecular weight is 325 g/mol. The second-order valence-electron chi connectivity index (χ2n) is 4.42. The van der Waals surface area contributed by atoms with E-state index in [9.17, 15) is 0 Å². The highest BCUT2D eigenvalue weighted by molar-refractivity contribution is 6.43. The Morgan fingerprint density at radius 1 is 1.00 bits per heavy atom. The van der Waals surface area contributed by atoms with E-state index < -0.39 is 0 Å². The zero-order valence-corrected chi connectivity index (χ0v) is 13.3. The van der Waals surface area contributed by atoms with E-state index in [2.05, 4.69) is 10.6 Å². The van der Waals surface area contributed by atoms with Crippen molar-refractivity contribution in [3.05, 3.63) is 52.5 Å². The molecule has 2 rings (SSSR count). The summed E-state index contributed by atoms with van der Waals surface area (Å²) < 4.78 is 5.46. The summed E-state index contributed by atoms with van der Waals surface area (Å²) in [5, 5.41) is 7.69. The molecule has 0 fully saturated rings. The molecule has 2 N–H and O–H groups in total. The van der Waals surface area contributed by atoms with Gasteiger partial charge in [0.1, 0.15) is 5.75 Å². The molecule has 0 radical (unpaired) electrons. The van der Waals surface area contributed by atoms with Gasteiger partial charge in [0.15, 0.2) is 0 Å². The summed E-state index contributed by atoms with van der Waals surface area (Å²) in [6.45, 7) is 4.13. The van der Waals surface area contributed by atoms with E-state index in [-0.39, 0.29) is 0 Å². The van der Waals surface area contributed by atoms with Gasteiger partial charge >= 0.3 is 0 Å². The largest absolute Gasteiger partial charge is 0.494 e. The molecule has 2 aromatic rings. The van der Waals surface area contributed by atoms with Gasteiger partial charge in [-0.2, -0.15) is 0 Å². The van der Waals surface area contributed by atoms with Crippen molar-refractivity contribution in [1.82, 2.24) is 0 Å². The molecule has 0 aromatic heterocycles. The second-order valence-corrected chi connectivity index (χ2v) is 5.20. The Morgan fingerprint density at radius 2 is 1.76 bits per heavy atom. The van der Waals surface area contributed by atoms with Crippen LogP contribution >= 0.6 is 23.2 Å². The standard InChI is InChI=1S/C16H18Cl2N2O/c1-2-21-13-6-3-5-12(11-13)19-9-10-20-15-8-4-7-14(17)16(15)18/h3-8,11,19-20H,2,9-10H2,1H3. The molecule has 0 atom stereocenters. The Balaban J connectivity index is 1.82. The van der Waals surface area contributed by atoms with E-state index in [1.165, 1.54) is 0 Å². The zero-order chi connectivity index (χ0) is 15.1. The van der Waals surface area contributed by atoms with Gasteiger partial charge in [0.05, 0.1) is 22.3 Å². The third kappa shape index (κ3) is 4.73. The molecular formula is C16H18Cl2N2O. The third-order valence-electron chi connectivity index (χ3n) is 2.87. The fraction of sp³-hybridized carbons (Fsp3) is 0.250. The van der Waals surface area contributed by atoms with Crippen LogP contribution in [-0.4, -0.2) is 19.7 Å². The van der Waals surface area contributed by atoms with Crippen molar-refractivity contribution >= 4 is 34.6 Å². The first-order valence-electron chi connectivity index (χ1n) is 6.85. The number of halogens is 2. The first kappa shape index (κ1) is 15.8. The zero-order valence-electron chi connectivity index (χ0n) is 11.8. The van der Waals surface area contributed by atoms with Crippen molar-refractivity contribution < 1.29 is 4.74 Å². The lowest BCUT2D eigenvalue weighted by Crippen LogP contribution is -2.13. The maximum atomic E-state index is 6.11. The number of rotatable bonds is 7. The minimum atomic E-state index is 0.553. The Hall–Kier alpha value is -1.58. The van der Waals surface area contributed by atoms with Crippen LogP contribution in [0.1, 0.15) is 6.92 Å². The molecule has 0 spiro atoms. The van der Waals surface area contributed by atoms with E-state index in [0.29, 0.717) is 16.7 Å². The fourth-order valence-electron chi connectivity index (χ4n) is 1.91. The topological polar surface area (TPSA) is 33.3 Å². The Kier molecular flexibility index (Phi) is 6.03. The number of anilines is 2. The third-order valence-corrected chi connectivity index (χ3v) is 3.69. The van der Waals surface area contributed by atoms with Crippen molar-refractivity contribution in [2.45, 2.75) is 6.92 Å². The molecule has 0 amide bonds. The summed E-state index contributed by atoms with van der Waals surface area (Å²) in [6, 6.07) is 13.4. The van der Waals surface area contributed by atoms with Crippen LogP contribution in [0.4, 0.5) is 11.4 Å². The molecule has 0 aliphatic carbocycles. The number of hydrogen-bond acceptors (Lipinski definition) is 3. The lowest BCUT2D eigenvalue weighted by Gasteiger charge is -2.11. The van der Waals surface area contributed by atoms with Crippen LogP contribution in [0.5, 0.6) is 5.75 Å². The fourth-order valence-corrected chi connectivity index (χ4v) is 2.27. The van der Waals surface area contributed by atoms with Crippen LogP contribution in [-0.2, 0) is 0 Å². The van der Waals surface area contributed by atoms with Crippen molar-refractivity contribution in [2.24, 2.45) is 0 Å². The van der Waals surface area contributed by atoms with Crippen LogP contribution in [0.15, 0.2) is 42.5 Å². The van der Waals surface area contributed by atoms with Crippen LogP contribution in [0, 0.1) is 0 Å². The van der Waals surface area contributed by atoms with E-state index in [1.54, 1.807) is 6.07 Å². The summed E-state index contributed by atoms with van der Waals surface area (Å²) in [5.74, 6) is 0.869. The van der Waals surface area contributed by atoms with Gasteiger partial charge in [-0.15, -0.1) is 0 Å². The van der Waals surface area contributed by atoms with E-state index >= 15 is 0 Å². The molecule has 21 heavy (non-hydrogen) atoms. The minimum Gasteiger partial charge on any atom is -0.494 e. The van der Waals surface area contributed by atoms with Crippen LogP contribution in [0.2, 0.25) is 10.0 Å². The van der Waals surface area contributed by atoms with Crippen molar-refractivity contribution in [3.8, 4) is 5.75 Å². The van der Waals surface area contributed by atoms with Crippen LogP contribution in [0.3, 0.4) is 0 Å². The summed E-state index contributed by atoms with van der Waals surface area (Å²) in [5.41, 5.74) is 1.87. The molecule has 0 unspecified atom stereocenters. The average Bonchev–Trinajstić information content (AvgIpc) is 2.48. The molecule has 0 saturated heterocycles. The van der Waals surface area contributed by atoms with Crippen molar-refractivity contribution in [2.75, 3.05) is 30.3 Å². The van der Waals surface area contributed by atoms with E-state index in [4.69, 9.17) is 27.9 Å². The molecule has 112 valence electrons. The monoisotopic (exact) mass is 324 g/mol. The van der Waals surface area contributed by atoms with E-state index in [0.717, 1.165) is 30.2 Å². The summed E-state index contributed by atoms with van der Waals surface area (Å²) in [7, 11) is 0. The molecule has 2 aromatic carbocycles. The van der Waals surface area contributed by atoms with E-state index in [1.807, 2.05) is 43.3 Å². The summed E-state index contributed by atoms with van der Waals surface area (Å²) >= 11 is 12.1. The molecule has 0 bridgehead atoms. The second kappa shape index (κ2) is 8.01. The van der Waals surface area contributed by atoms with Gasteiger partial charge < -0.3 is 15.4 Å². The molecular weight excluding hydrogens is 307 g/mol. The molecule has 0 saturated carbocycles. The molecule has 0 heterocycles. The minimum absolute atomic E-state index is 0.553. The highest BCUT2D eigenvalue weighted by atomic mass is 35.5. The number of ether oxygens (including phenoxy) is 1. The number of nitrogens with one attached hydrogen (secondary N) is 2. The quantitative estimate of drug-likeness (QED) is 0.709. The smallest absolute Gasteiger partial charge is 0.121 e. The molecule has 3 nitrogen and oxygen atoms in total. The van der Waals surface area contributed by atoms with Crippen LogP contribution < -0.4 is 15.4 Å². The highest BCUT2D eigenvalue weighted by Gasteiger charge is 2.03. The normalized spacial score (nSPS) is 10.2. The van der Waals surface area contributed by atoms with Gasteiger partial charge in [0, 0.05) is 24.8 Å². The van der Waals surface area contributed by atoms with Gasteiger partial charge in [-0.3, -0.25) is 0 Å². The maximum absolute atomic E-state index is 6.11. The van der Waals surface area contributed by atoms with Gasteiger partial charge in [-0.1, -0.05) is 35.3 Å². The lowest BCUT2D eigenvalue weighted by molar-refractivity contribution is 0.340. The predicted molar refractivity (Wildman–Crippen MR) is 91.1 cm³/mol. The van der Waals surface area contributed by atoms with Crippen LogP contribution in [0.25, 0.3) is 0 Å². The molecule has 5 heteroatoms. The highest BCUT2D eigenvalue weighted by Crippen LogP contribution is 2.29. The Labute approximate surface area is 135 Å². The first-order valence-corrected chi connectivity index (χ1v) is 7.61. The molecule has 0 aliphatic heterocycles. The predicted octanol–water partition coefficient (Wildman–Crippen LogP) is 4.92. The maximum Gasteiger partial charge on any atom is 0.121 e. The summed E-state index contributed by atoms with van der Waals surface area (Å²) in [4.78, 5) is 0. The number of hydrogen-bond donors (Lipinski definition) is 2. The Bertz CT molecular complexity index is 590. The van der Waals surface area contributed by atoms with Crippen molar-refractivity contribution in [3.63, 3.8) is 0 Å². The van der Waals surface area contributed by atoms with Gasteiger partial charge in [0.2, 0.25) is 0 Å². The van der Waals surface area contributed by atoms with Gasteiger partial charge in [-0.05, 0) is 31.2 Å². The lowest BCUT2D eigenvalue weighted by atomic mass is 10.3.